The van der Waals surface area contributed by atoms with E-state index < -0.39 is 6.10 Å². The lowest BCUT2D eigenvalue weighted by Crippen LogP contribution is -2.24. The molecule has 0 saturated carbocycles. The number of nitrogens with two attached hydrogens (primary N) is 1. The second-order valence-electron chi connectivity index (χ2n) is 4.66. The predicted molar refractivity (Wildman–Crippen MR) is 77.4 cm³/mol. The Labute approximate surface area is 119 Å². The second-order valence-corrected chi connectivity index (χ2v) is 4.66. The molecule has 0 aliphatic heterocycles. The van der Waals surface area contributed by atoms with Gasteiger partial charge >= 0.3 is 0 Å². The van der Waals surface area contributed by atoms with Crippen LogP contribution in [0.15, 0.2) is 36.7 Å². The molecular weight excluding hydrogens is 254 g/mol. The summed E-state index contributed by atoms with van der Waals surface area (Å²) in [5.74, 6) is 1.71. The molecule has 0 radical (unpaired) electrons. The molecule has 5 heteroatoms. The van der Waals surface area contributed by atoms with Gasteiger partial charge in [0.1, 0.15) is 24.3 Å². The van der Waals surface area contributed by atoms with Crippen LogP contribution in [0.1, 0.15) is 18.3 Å². The molecule has 1 heterocycles. The lowest BCUT2D eigenvalue weighted by atomic mass is 10.2. The van der Waals surface area contributed by atoms with Crippen molar-refractivity contribution in [3.63, 3.8) is 0 Å². The first-order chi connectivity index (χ1) is 9.72. The minimum Gasteiger partial charge on any atom is -0.491 e. The van der Waals surface area contributed by atoms with E-state index in [2.05, 4.69) is 4.98 Å². The second kappa shape index (κ2) is 7.07. The van der Waals surface area contributed by atoms with E-state index >= 15 is 0 Å². The van der Waals surface area contributed by atoms with E-state index in [1.807, 2.05) is 42.0 Å². The first-order valence-electron chi connectivity index (χ1n) is 6.82. The quantitative estimate of drug-likeness (QED) is 0.800. The highest BCUT2D eigenvalue weighted by Crippen LogP contribution is 2.12. The van der Waals surface area contributed by atoms with Gasteiger partial charge in [0.25, 0.3) is 0 Å². The number of aliphatic hydroxyl groups excluding tert-OH is 1. The van der Waals surface area contributed by atoms with Crippen LogP contribution >= 0.6 is 0 Å². The molecule has 1 atom stereocenters. The van der Waals surface area contributed by atoms with Crippen LogP contribution in [0.2, 0.25) is 0 Å². The predicted octanol–water partition coefficient (Wildman–Crippen LogP) is 1.34. The molecule has 0 spiro atoms. The van der Waals surface area contributed by atoms with Crippen LogP contribution < -0.4 is 10.5 Å². The van der Waals surface area contributed by atoms with E-state index in [0.29, 0.717) is 13.1 Å². The molecule has 1 aromatic carbocycles. The molecule has 0 saturated heterocycles. The molecule has 3 N–H and O–H groups in total. The van der Waals surface area contributed by atoms with E-state index in [9.17, 15) is 5.11 Å². The maximum atomic E-state index is 10.0. The van der Waals surface area contributed by atoms with Crippen molar-refractivity contribution in [2.45, 2.75) is 32.5 Å². The number of aryl methyl sites for hydroxylation is 1. The van der Waals surface area contributed by atoms with Gasteiger partial charge < -0.3 is 20.1 Å². The summed E-state index contributed by atoms with van der Waals surface area (Å²) in [5, 5.41) is 10.0. The number of aromatic nitrogens is 2. The summed E-state index contributed by atoms with van der Waals surface area (Å²) in [6.07, 6.45) is 3.90. The van der Waals surface area contributed by atoms with Gasteiger partial charge in [0.15, 0.2) is 0 Å². The van der Waals surface area contributed by atoms with Crippen molar-refractivity contribution in [1.29, 1.82) is 0 Å². The Hall–Kier alpha value is -1.85. The SMILES string of the molecule is CCc1nccn1CC(O)COc1ccc(CN)cc1. The number of hydrogen-bond acceptors (Lipinski definition) is 4. The molecule has 5 nitrogen and oxygen atoms in total. The zero-order valence-electron chi connectivity index (χ0n) is 11.7. The van der Waals surface area contributed by atoms with E-state index in [1.165, 1.54) is 0 Å². The maximum absolute atomic E-state index is 10.0. The van der Waals surface area contributed by atoms with E-state index in [1.54, 1.807) is 6.20 Å². The Morgan fingerprint density at radius 1 is 1.35 bits per heavy atom. The van der Waals surface area contributed by atoms with Crippen molar-refractivity contribution in [1.82, 2.24) is 9.55 Å². The van der Waals surface area contributed by atoms with Crippen LogP contribution in [0.25, 0.3) is 0 Å². The van der Waals surface area contributed by atoms with E-state index in [-0.39, 0.29) is 6.61 Å². The third kappa shape index (κ3) is 3.82. The van der Waals surface area contributed by atoms with Crippen LogP contribution in [-0.4, -0.2) is 27.4 Å². The minimum atomic E-state index is -0.566. The average Bonchev–Trinajstić information content (AvgIpc) is 2.92. The van der Waals surface area contributed by atoms with Gasteiger partial charge in [-0.2, -0.15) is 0 Å². The fourth-order valence-electron chi connectivity index (χ4n) is 2.01. The maximum Gasteiger partial charge on any atom is 0.119 e. The number of aliphatic hydroxyl groups is 1. The molecule has 0 fully saturated rings. The summed E-state index contributed by atoms with van der Waals surface area (Å²) in [7, 11) is 0. The van der Waals surface area contributed by atoms with Gasteiger partial charge in [-0.25, -0.2) is 4.98 Å². The van der Waals surface area contributed by atoms with Crippen LogP contribution in [0, 0.1) is 0 Å². The van der Waals surface area contributed by atoms with Crippen LogP contribution in [0.4, 0.5) is 0 Å². The van der Waals surface area contributed by atoms with Gasteiger partial charge in [-0.05, 0) is 17.7 Å². The number of imidazole rings is 1. The van der Waals surface area contributed by atoms with Gasteiger partial charge in [-0.15, -0.1) is 0 Å². The summed E-state index contributed by atoms with van der Waals surface area (Å²) < 4.78 is 7.51. The number of nitrogens with zero attached hydrogens (tertiary/aromatic N) is 2. The topological polar surface area (TPSA) is 73.3 Å². The highest BCUT2D eigenvalue weighted by Gasteiger charge is 2.09. The van der Waals surface area contributed by atoms with Gasteiger partial charge in [0.2, 0.25) is 0 Å². The lowest BCUT2D eigenvalue weighted by Gasteiger charge is -2.14. The Morgan fingerprint density at radius 2 is 2.10 bits per heavy atom. The normalized spacial score (nSPS) is 12.3. The molecule has 2 aromatic rings. The minimum absolute atomic E-state index is 0.253. The molecular formula is C15H21N3O2. The van der Waals surface area contributed by atoms with Crippen LogP contribution in [0.3, 0.4) is 0 Å². The van der Waals surface area contributed by atoms with Crippen LogP contribution in [-0.2, 0) is 19.5 Å². The first kappa shape index (κ1) is 14.6. The zero-order valence-corrected chi connectivity index (χ0v) is 11.7. The first-order valence-corrected chi connectivity index (χ1v) is 6.82. The third-order valence-electron chi connectivity index (χ3n) is 3.13. The average molecular weight is 275 g/mol. The molecule has 0 bridgehead atoms. The Morgan fingerprint density at radius 3 is 2.75 bits per heavy atom. The molecule has 0 amide bonds. The molecule has 1 aromatic heterocycles. The van der Waals surface area contributed by atoms with Gasteiger partial charge in [0, 0.05) is 25.4 Å². The zero-order chi connectivity index (χ0) is 14.4. The summed E-state index contributed by atoms with van der Waals surface area (Å²) in [6.45, 7) is 3.30. The van der Waals surface area contributed by atoms with Gasteiger partial charge in [0.05, 0.1) is 6.54 Å². The molecule has 108 valence electrons. The van der Waals surface area contributed by atoms with Crippen molar-refractivity contribution >= 4 is 0 Å². The Balaban J connectivity index is 1.83. The largest absolute Gasteiger partial charge is 0.491 e. The molecule has 1 unspecified atom stereocenters. The fourth-order valence-corrected chi connectivity index (χ4v) is 2.01. The summed E-state index contributed by atoms with van der Waals surface area (Å²) in [4.78, 5) is 4.22. The van der Waals surface area contributed by atoms with Crippen molar-refractivity contribution in [2.24, 2.45) is 5.73 Å². The van der Waals surface area contributed by atoms with Crippen molar-refractivity contribution in [3.05, 3.63) is 48.0 Å². The van der Waals surface area contributed by atoms with Gasteiger partial charge in [-0.3, -0.25) is 0 Å². The van der Waals surface area contributed by atoms with E-state index in [0.717, 1.165) is 23.6 Å². The lowest BCUT2D eigenvalue weighted by molar-refractivity contribution is 0.0917. The Bertz CT molecular complexity index is 522. The van der Waals surface area contributed by atoms with E-state index in [4.69, 9.17) is 10.5 Å². The smallest absolute Gasteiger partial charge is 0.119 e. The molecule has 2 rings (SSSR count). The summed E-state index contributed by atoms with van der Waals surface area (Å²) in [6, 6.07) is 7.58. The molecule has 20 heavy (non-hydrogen) atoms. The number of benzene rings is 1. The monoisotopic (exact) mass is 275 g/mol. The summed E-state index contributed by atoms with van der Waals surface area (Å²) in [5.41, 5.74) is 6.59. The number of rotatable bonds is 7. The molecule has 0 aliphatic rings. The van der Waals surface area contributed by atoms with Crippen molar-refractivity contribution in [2.75, 3.05) is 6.61 Å². The highest BCUT2D eigenvalue weighted by atomic mass is 16.5. The van der Waals surface area contributed by atoms with Gasteiger partial charge in [-0.1, -0.05) is 19.1 Å². The molecule has 0 aliphatic carbocycles. The fraction of sp³-hybridized carbons (Fsp3) is 0.400. The highest BCUT2D eigenvalue weighted by molar-refractivity contribution is 5.27. The van der Waals surface area contributed by atoms with Crippen molar-refractivity contribution in [3.8, 4) is 5.75 Å². The number of hydrogen-bond donors (Lipinski definition) is 2. The summed E-state index contributed by atoms with van der Waals surface area (Å²) >= 11 is 0. The third-order valence-corrected chi connectivity index (χ3v) is 3.13. The number of ether oxygens (including phenoxy) is 1. The standard InChI is InChI=1S/C15H21N3O2/c1-2-15-17-7-8-18(15)10-13(19)11-20-14-5-3-12(9-16)4-6-14/h3-8,13,19H,2,9-11,16H2,1H3. The van der Waals surface area contributed by atoms with Crippen LogP contribution in [0.5, 0.6) is 5.75 Å². The Kier molecular flexibility index (Phi) is 5.15. The van der Waals surface area contributed by atoms with Crippen molar-refractivity contribution < 1.29 is 9.84 Å².